The monoisotopic (exact) mass is 224 g/mol. The molecule has 0 aromatic rings. The SMILES string of the molecule is C=CC(=O)NN1C(C)(C)CCC(C)C1(C)C. The normalized spacial score (nSPS) is 28.4. The van der Waals surface area contributed by atoms with Gasteiger partial charge in [0.05, 0.1) is 0 Å². The fourth-order valence-corrected chi connectivity index (χ4v) is 2.49. The molecule has 0 radical (unpaired) electrons. The van der Waals surface area contributed by atoms with E-state index >= 15 is 0 Å². The molecule has 0 bridgehead atoms. The molecule has 1 heterocycles. The third kappa shape index (κ3) is 2.29. The van der Waals surface area contributed by atoms with Gasteiger partial charge in [-0.05, 0) is 52.5 Å². The molecule has 1 atom stereocenters. The zero-order valence-corrected chi connectivity index (χ0v) is 11.1. The predicted octanol–water partition coefficient (Wildman–Crippen LogP) is 2.49. The van der Waals surface area contributed by atoms with E-state index in [9.17, 15) is 4.79 Å². The molecule has 0 aromatic carbocycles. The lowest BCUT2D eigenvalue weighted by Crippen LogP contribution is -2.67. The van der Waals surface area contributed by atoms with Crippen molar-refractivity contribution in [2.75, 3.05) is 0 Å². The van der Waals surface area contributed by atoms with Crippen molar-refractivity contribution in [1.82, 2.24) is 10.4 Å². The maximum atomic E-state index is 11.5. The lowest BCUT2D eigenvalue weighted by molar-refractivity contribution is -0.140. The van der Waals surface area contributed by atoms with Crippen LogP contribution in [0.5, 0.6) is 0 Å². The van der Waals surface area contributed by atoms with Crippen LogP contribution in [-0.4, -0.2) is 22.0 Å². The average Bonchev–Trinajstić information content (AvgIpc) is 2.19. The van der Waals surface area contributed by atoms with E-state index in [0.29, 0.717) is 5.92 Å². The van der Waals surface area contributed by atoms with Gasteiger partial charge < -0.3 is 0 Å². The van der Waals surface area contributed by atoms with E-state index in [1.807, 2.05) is 0 Å². The Hall–Kier alpha value is -0.830. The number of hydrazine groups is 1. The molecule has 3 heteroatoms. The molecule has 1 rings (SSSR count). The van der Waals surface area contributed by atoms with E-state index in [2.05, 4.69) is 51.6 Å². The molecule has 1 unspecified atom stereocenters. The van der Waals surface area contributed by atoms with Gasteiger partial charge in [-0.2, -0.15) is 0 Å². The molecule has 1 amide bonds. The Morgan fingerprint density at radius 1 is 1.44 bits per heavy atom. The lowest BCUT2D eigenvalue weighted by Gasteiger charge is -2.55. The Labute approximate surface area is 98.9 Å². The number of carbonyl (C=O) groups is 1. The number of piperidine rings is 1. The second-order valence-electron chi connectivity index (χ2n) is 5.92. The third-order valence-corrected chi connectivity index (χ3v) is 3.98. The van der Waals surface area contributed by atoms with Crippen molar-refractivity contribution in [1.29, 1.82) is 0 Å². The van der Waals surface area contributed by atoms with E-state index in [0.717, 1.165) is 6.42 Å². The fourth-order valence-electron chi connectivity index (χ4n) is 2.49. The summed E-state index contributed by atoms with van der Waals surface area (Å²) in [6, 6.07) is 0. The molecule has 92 valence electrons. The van der Waals surface area contributed by atoms with Gasteiger partial charge >= 0.3 is 0 Å². The van der Waals surface area contributed by atoms with Gasteiger partial charge in [0.2, 0.25) is 0 Å². The van der Waals surface area contributed by atoms with Crippen molar-refractivity contribution in [3.8, 4) is 0 Å². The summed E-state index contributed by atoms with van der Waals surface area (Å²) in [5.41, 5.74) is 2.92. The van der Waals surface area contributed by atoms with Crippen molar-refractivity contribution >= 4 is 5.91 Å². The second kappa shape index (κ2) is 4.21. The number of hydrogen-bond acceptors (Lipinski definition) is 2. The van der Waals surface area contributed by atoms with Crippen LogP contribution in [0.1, 0.15) is 47.5 Å². The summed E-state index contributed by atoms with van der Waals surface area (Å²) >= 11 is 0. The van der Waals surface area contributed by atoms with Crippen molar-refractivity contribution in [3.63, 3.8) is 0 Å². The summed E-state index contributed by atoms with van der Waals surface area (Å²) in [4.78, 5) is 11.5. The van der Waals surface area contributed by atoms with Gasteiger partial charge in [-0.1, -0.05) is 13.5 Å². The first kappa shape index (κ1) is 13.2. The molecule has 1 aliphatic heterocycles. The van der Waals surface area contributed by atoms with Crippen LogP contribution in [0.25, 0.3) is 0 Å². The first-order chi connectivity index (χ1) is 7.21. The van der Waals surface area contributed by atoms with Gasteiger partial charge in [-0.25, -0.2) is 5.01 Å². The maximum absolute atomic E-state index is 11.5. The van der Waals surface area contributed by atoms with E-state index in [-0.39, 0.29) is 17.0 Å². The number of carbonyl (C=O) groups excluding carboxylic acids is 1. The highest BCUT2D eigenvalue weighted by molar-refractivity contribution is 5.86. The summed E-state index contributed by atoms with van der Waals surface area (Å²) < 4.78 is 0. The molecule has 0 aliphatic carbocycles. The number of nitrogens with one attached hydrogen (secondary N) is 1. The fraction of sp³-hybridized carbons (Fsp3) is 0.769. The van der Waals surface area contributed by atoms with Gasteiger partial charge in [-0.15, -0.1) is 0 Å². The highest BCUT2D eigenvalue weighted by Gasteiger charge is 2.46. The van der Waals surface area contributed by atoms with Crippen molar-refractivity contribution in [2.24, 2.45) is 5.92 Å². The molecule has 0 saturated carbocycles. The van der Waals surface area contributed by atoms with Crippen LogP contribution in [0.3, 0.4) is 0 Å². The predicted molar refractivity (Wildman–Crippen MR) is 66.7 cm³/mol. The van der Waals surface area contributed by atoms with E-state index in [1.165, 1.54) is 12.5 Å². The minimum absolute atomic E-state index is 0.00528. The smallest absolute Gasteiger partial charge is 0.257 e. The van der Waals surface area contributed by atoms with Crippen LogP contribution in [0.2, 0.25) is 0 Å². The van der Waals surface area contributed by atoms with Gasteiger partial charge in [-0.3, -0.25) is 10.2 Å². The van der Waals surface area contributed by atoms with Crippen LogP contribution in [0.15, 0.2) is 12.7 Å². The van der Waals surface area contributed by atoms with Crippen LogP contribution in [0, 0.1) is 5.92 Å². The number of rotatable bonds is 2. The first-order valence-corrected chi connectivity index (χ1v) is 5.95. The van der Waals surface area contributed by atoms with Gasteiger partial charge in [0.1, 0.15) is 0 Å². The van der Waals surface area contributed by atoms with Crippen molar-refractivity contribution in [2.45, 2.75) is 58.5 Å². The zero-order valence-electron chi connectivity index (χ0n) is 11.1. The lowest BCUT2D eigenvalue weighted by atomic mass is 9.74. The Morgan fingerprint density at radius 2 is 2.00 bits per heavy atom. The van der Waals surface area contributed by atoms with Gasteiger partial charge in [0, 0.05) is 11.1 Å². The summed E-state index contributed by atoms with van der Waals surface area (Å²) in [5, 5.41) is 2.10. The molecule has 0 spiro atoms. The second-order valence-corrected chi connectivity index (χ2v) is 5.92. The Morgan fingerprint density at radius 3 is 2.50 bits per heavy atom. The van der Waals surface area contributed by atoms with Crippen LogP contribution in [0.4, 0.5) is 0 Å². The highest BCUT2D eigenvalue weighted by atomic mass is 16.2. The summed E-state index contributed by atoms with van der Waals surface area (Å²) in [5.74, 6) is 0.431. The molecule has 0 aromatic heterocycles. The minimum Gasteiger partial charge on any atom is -0.284 e. The molecule has 1 N–H and O–H groups in total. The topological polar surface area (TPSA) is 32.3 Å². The van der Waals surface area contributed by atoms with Crippen LogP contribution >= 0.6 is 0 Å². The molecular formula is C13H24N2O. The summed E-state index contributed by atoms with van der Waals surface area (Å²) in [6.07, 6.45) is 3.61. The Kier molecular flexibility index (Phi) is 3.48. The van der Waals surface area contributed by atoms with E-state index in [1.54, 1.807) is 0 Å². The number of hydrogen-bond donors (Lipinski definition) is 1. The molecule has 1 saturated heterocycles. The van der Waals surface area contributed by atoms with Gasteiger partial charge in [0.25, 0.3) is 5.91 Å². The molecular weight excluding hydrogens is 200 g/mol. The molecule has 1 aliphatic rings. The zero-order chi connectivity index (χ0) is 12.6. The minimum atomic E-state index is -0.129. The van der Waals surface area contributed by atoms with Crippen LogP contribution < -0.4 is 5.43 Å². The van der Waals surface area contributed by atoms with Gasteiger partial charge in [0.15, 0.2) is 0 Å². The number of nitrogens with zero attached hydrogens (tertiary/aromatic N) is 1. The highest BCUT2D eigenvalue weighted by Crippen LogP contribution is 2.40. The van der Waals surface area contributed by atoms with Crippen LogP contribution in [-0.2, 0) is 4.79 Å². The first-order valence-electron chi connectivity index (χ1n) is 5.95. The summed E-state index contributed by atoms with van der Waals surface area (Å²) in [6.45, 7) is 14.4. The molecule has 3 nitrogen and oxygen atoms in total. The van der Waals surface area contributed by atoms with Crippen molar-refractivity contribution < 1.29 is 4.79 Å². The molecule has 16 heavy (non-hydrogen) atoms. The standard InChI is InChI=1S/C13H24N2O/c1-7-11(16)14-15-12(3,4)9-8-10(2)13(15,5)6/h7,10H,1,8-9H2,2-6H3,(H,14,16). The Balaban J connectivity index is 2.96. The molecule has 1 fully saturated rings. The quantitative estimate of drug-likeness (QED) is 0.731. The largest absolute Gasteiger partial charge is 0.284 e. The maximum Gasteiger partial charge on any atom is 0.257 e. The van der Waals surface area contributed by atoms with E-state index < -0.39 is 0 Å². The van der Waals surface area contributed by atoms with Crippen molar-refractivity contribution in [3.05, 3.63) is 12.7 Å². The number of amides is 1. The van der Waals surface area contributed by atoms with E-state index in [4.69, 9.17) is 0 Å². The average molecular weight is 224 g/mol. The Bertz CT molecular complexity index is 294. The third-order valence-electron chi connectivity index (χ3n) is 3.98. The summed E-state index contributed by atoms with van der Waals surface area (Å²) in [7, 11) is 0.